The fraction of sp³-hybridized carbons (Fsp3) is 0.264. The smallest absolute Gasteiger partial charge is 0.411 e. The zero-order valence-electron chi connectivity index (χ0n) is 80.4. The van der Waals surface area contributed by atoms with E-state index in [1.807, 2.05) is 225 Å². The number of methoxy groups -OCH3 is 3. The molecule has 0 spiro atoms. The van der Waals surface area contributed by atoms with Gasteiger partial charge in [0, 0.05) is 141 Å². The number of hydrogen-bond donors (Lipinski definition) is 5. The second-order valence-electron chi connectivity index (χ2n) is 32.2. The Morgan fingerprint density at radius 3 is 0.993 bits per heavy atom. The SMILES string of the molecule is CCOC(=O)Nc1cccc(-c2c(C#N)c3ccc(OC(C)C)cc3n2CC)c1.CCS(=O)(=O)Nc1ccc(-c2c(C#N)c3cc(OC)ccc3n2C)cc1.CCS(=O)(=O)Nc1cccc(-c2c(C#N)c3cc(OC)ccc3n2C)c1.CCn1c(-c2cccc(NC(=O)OC)c2)c(C#N)c2ccc(OC(C)C)cc21.CCn1c(-c2cccc(NC(=O)OCCF)c2)c(C#N)c2ccc(OC(C)C)cc21. The van der Waals surface area contributed by atoms with Crippen LogP contribution in [0.3, 0.4) is 0 Å². The zero-order chi connectivity index (χ0) is 101. The maximum absolute atomic E-state index is 12.2. The van der Waals surface area contributed by atoms with Crippen LogP contribution < -0.4 is 49.1 Å². The molecule has 15 rings (SSSR count). The first kappa shape index (κ1) is 103. The third-order valence-electron chi connectivity index (χ3n) is 22.1. The highest BCUT2D eigenvalue weighted by Crippen LogP contribution is 2.43. The molecule has 5 N–H and O–H groups in total. The molecule has 139 heavy (non-hydrogen) atoms. The van der Waals surface area contributed by atoms with Gasteiger partial charge in [-0.2, -0.15) is 26.3 Å². The van der Waals surface area contributed by atoms with Crippen LogP contribution >= 0.6 is 0 Å². The molecule has 0 saturated carbocycles. The fourth-order valence-corrected chi connectivity index (χ4v) is 17.4. The Labute approximate surface area is 807 Å². The number of anilines is 5. The lowest BCUT2D eigenvalue weighted by Gasteiger charge is -2.12. The Bertz CT molecular complexity index is 7530. The van der Waals surface area contributed by atoms with E-state index in [9.17, 15) is 61.9 Å². The molecule has 15 aromatic rings. The number of carbonyl (C=O) groups excluding carboxylic acids is 3. The van der Waals surface area contributed by atoms with E-state index in [4.69, 9.17) is 33.2 Å². The van der Waals surface area contributed by atoms with Crippen molar-refractivity contribution in [1.82, 2.24) is 22.8 Å². The third-order valence-corrected chi connectivity index (χ3v) is 24.7. The van der Waals surface area contributed by atoms with Crippen molar-refractivity contribution in [2.45, 2.75) is 121 Å². The van der Waals surface area contributed by atoms with Crippen LogP contribution in [0.15, 0.2) is 212 Å². The lowest BCUT2D eigenvalue weighted by Crippen LogP contribution is -2.15. The maximum atomic E-state index is 12.2. The number of fused-ring (bicyclic) bond motifs is 5. The largest absolute Gasteiger partial charge is 0.497 e. The topological polar surface area (TPSA) is 397 Å². The van der Waals surface area contributed by atoms with E-state index in [1.54, 1.807) is 108 Å². The summed E-state index contributed by atoms with van der Waals surface area (Å²) in [5.74, 6) is 3.66. The average molecular weight is 1920 g/mol. The molecule has 33 heteroatoms. The van der Waals surface area contributed by atoms with Crippen LogP contribution in [0.5, 0.6) is 28.7 Å². The van der Waals surface area contributed by atoms with Gasteiger partial charge in [0.15, 0.2) is 0 Å². The van der Waals surface area contributed by atoms with E-state index in [-0.39, 0.29) is 36.4 Å². The molecule has 718 valence electrons. The Kier molecular flexibility index (Phi) is 34.6. The van der Waals surface area contributed by atoms with E-state index >= 15 is 0 Å². The summed E-state index contributed by atoms with van der Waals surface area (Å²) in [6.45, 7) is 24.2. The number of amides is 3. The number of rotatable bonds is 28. The number of hydrogen-bond acceptors (Lipinski definition) is 20. The van der Waals surface area contributed by atoms with Gasteiger partial charge in [-0.25, -0.2) is 35.6 Å². The molecule has 0 bridgehead atoms. The number of nitriles is 5. The minimum atomic E-state index is -3.37. The minimum absolute atomic E-state index is 0.00545. The number of carbonyl (C=O) groups is 3. The summed E-state index contributed by atoms with van der Waals surface area (Å²) in [5, 5.41) is 61.3. The predicted molar refractivity (Wildman–Crippen MR) is 544 cm³/mol. The minimum Gasteiger partial charge on any atom is -0.497 e. The fourth-order valence-electron chi connectivity index (χ4n) is 16.2. The first-order valence-corrected chi connectivity index (χ1v) is 48.2. The second-order valence-corrected chi connectivity index (χ2v) is 36.2. The molecule has 0 unspecified atom stereocenters. The number of alkyl halides is 1. The van der Waals surface area contributed by atoms with Gasteiger partial charge < -0.3 is 60.7 Å². The van der Waals surface area contributed by atoms with E-state index in [1.165, 1.54) is 7.11 Å². The third kappa shape index (κ3) is 24.3. The van der Waals surface area contributed by atoms with Crippen LogP contribution in [0, 0.1) is 56.7 Å². The molecule has 0 fully saturated rings. The molecule has 30 nitrogen and oxygen atoms in total. The van der Waals surface area contributed by atoms with Crippen LogP contribution in [0.1, 0.15) is 111 Å². The number of aryl methyl sites for hydroxylation is 5. The van der Waals surface area contributed by atoms with Crippen LogP contribution in [-0.4, -0.2) is 129 Å². The molecule has 5 heterocycles. The lowest BCUT2D eigenvalue weighted by molar-refractivity contribution is 0.152. The van der Waals surface area contributed by atoms with Crippen molar-refractivity contribution >= 4 is 121 Å². The van der Waals surface area contributed by atoms with Gasteiger partial charge >= 0.3 is 18.3 Å². The molecule has 0 aliphatic heterocycles. The number of nitrogens with zero attached hydrogens (tertiary/aromatic N) is 10. The van der Waals surface area contributed by atoms with Crippen LogP contribution in [0.4, 0.5) is 47.2 Å². The maximum Gasteiger partial charge on any atom is 0.411 e. The van der Waals surface area contributed by atoms with Gasteiger partial charge in [-0.3, -0.25) is 25.4 Å². The predicted octanol–water partition coefficient (Wildman–Crippen LogP) is 23.2. The second kappa shape index (κ2) is 46.7. The van der Waals surface area contributed by atoms with Crippen molar-refractivity contribution in [1.29, 1.82) is 26.3 Å². The Hall–Kier alpha value is -16.4. The van der Waals surface area contributed by atoms with E-state index in [0.717, 1.165) is 128 Å². The summed E-state index contributed by atoms with van der Waals surface area (Å²) in [5.41, 5.74) is 18.1. The van der Waals surface area contributed by atoms with Gasteiger partial charge in [-0.05, 0) is 222 Å². The molecule has 0 saturated heterocycles. The molecule has 3 amide bonds. The molecular weight excluding hydrogens is 1810 g/mol. The van der Waals surface area contributed by atoms with E-state index in [0.29, 0.717) is 94.0 Å². The van der Waals surface area contributed by atoms with Gasteiger partial charge in [0.05, 0.1) is 131 Å². The number of aromatic nitrogens is 5. The lowest BCUT2D eigenvalue weighted by atomic mass is 10.1. The molecule has 10 aromatic carbocycles. The molecule has 0 atom stereocenters. The Morgan fingerprint density at radius 2 is 0.669 bits per heavy atom. The number of halogens is 1. The highest BCUT2D eigenvalue weighted by atomic mass is 32.2. The van der Waals surface area contributed by atoms with Gasteiger partial charge in [0.2, 0.25) is 20.0 Å². The number of benzene rings is 10. The van der Waals surface area contributed by atoms with Crippen molar-refractivity contribution in [3.63, 3.8) is 0 Å². The number of ether oxygens (including phenoxy) is 8. The van der Waals surface area contributed by atoms with Crippen LogP contribution in [0.25, 0.3) is 111 Å². The summed E-state index contributed by atoms with van der Waals surface area (Å²) in [6.07, 6.45) is -1.59. The first-order chi connectivity index (χ1) is 66.7. The standard InChI is InChI=1S/C23H24FN3O3.C23H25N3O3.C22H23N3O3.2C19H19N3O3S/c1-4-27-21-13-18(30-15(2)3)8-9-19(21)20(14-25)22(27)16-6-5-7-17(12-16)26-23(28)29-11-10-24;1-5-26-21-13-18(29-15(3)4)10-11-19(21)20(14-24)22(26)16-8-7-9-17(12-16)25-23(27)28-6-2;1-5-25-20-12-17(28-14(2)3)9-10-18(20)19(13-23)21(25)15-7-6-8-16(11-15)24-22(26)27-4;1-4-26(23,24)21-14-7-5-13(6-8-14)19-17(12-20)16-11-15(25-3)9-10-18(16)22(19)2;1-4-26(23,24)21-14-7-5-6-13(10-14)19-17(12-20)16-11-15(25-3)8-9-18(16)22(19)2/h5-9,12-13,15H,4,10-11H2,1-3H3,(H,26,28);7-13,15H,5-6H2,1-4H3,(H,25,27);6-12,14H,5H2,1-4H3,(H,24,26);2*5-11,21H,4H2,1-3H3. The summed E-state index contributed by atoms with van der Waals surface area (Å²) < 4.78 is 117. The molecular formula is C106H110FN15O15S2. The number of nitrogens with one attached hydrogen (secondary N) is 5. The first-order valence-electron chi connectivity index (χ1n) is 44.9. The Morgan fingerprint density at radius 1 is 0.353 bits per heavy atom. The van der Waals surface area contributed by atoms with Crippen molar-refractivity contribution in [3.8, 4) is 115 Å². The quantitative estimate of drug-likeness (QED) is 0.0284. The molecule has 0 radical (unpaired) electrons. The van der Waals surface area contributed by atoms with Crippen molar-refractivity contribution < 1.29 is 73.5 Å². The van der Waals surface area contributed by atoms with Gasteiger partial charge in [-0.1, -0.05) is 60.7 Å². The summed E-state index contributed by atoms with van der Waals surface area (Å²) in [7, 11) is 1.59. The monoisotopic (exact) mass is 1920 g/mol. The zero-order valence-corrected chi connectivity index (χ0v) is 82.0. The average Bonchev–Trinajstić information content (AvgIpc) is 1.61. The summed E-state index contributed by atoms with van der Waals surface area (Å²) >= 11 is 0. The van der Waals surface area contributed by atoms with Crippen LogP contribution in [-0.2, 0) is 68.0 Å². The van der Waals surface area contributed by atoms with Crippen LogP contribution in [0.2, 0.25) is 0 Å². The van der Waals surface area contributed by atoms with E-state index in [2.05, 4.69) is 74.2 Å². The molecule has 0 aliphatic carbocycles. The highest BCUT2D eigenvalue weighted by molar-refractivity contribution is 7.92. The number of sulfonamides is 2. The van der Waals surface area contributed by atoms with Gasteiger partial charge in [0.1, 0.15) is 72.4 Å². The van der Waals surface area contributed by atoms with Crippen molar-refractivity contribution in [2.75, 3.05) is 78.1 Å². The summed E-state index contributed by atoms with van der Waals surface area (Å²) in [4.78, 5) is 35.1. The normalized spacial score (nSPS) is 11.0. The highest BCUT2D eigenvalue weighted by Gasteiger charge is 2.27. The van der Waals surface area contributed by atoms with Gasteiger partial charge in [-0.15, -0.1) is 0 Å². The van der Waals surface area contributed by atoms with E-state index < -0.39 is 45.0 Å². The molecule has 0 aliphatic rings. The molecule has 5 aromatic heterocycles. The van der Waals surface area contributed by atoms with Crippen molar-refractivity contribution in [2.24, 2.45) is 14.1 Å². The Balaban J connectivity index is 0.000000167. The van der Waals surface area contributed by atoms with Gasteiger partial charge in [0.25, 0.3) is 0 Å². The summed E-state index contributed by atoms with van der Waals surface area (Å²) in [6, 6.07) is 76.1. The van der Waals surface area contributed by atoms with Crippen molar-refractivity contribution in [3.05, 3.63) is 240 Å².